The summed E-state index contributed by atoms with van der Waals surface area (Å²) >= 11 is 0. The lowest BCUT2D eigenvalue weighted by molar-refractivity contribution is -0.141. The molecule has 0 saturated heterocycles. The molecule has 1 unspecified atom stereocenters. The molecule has 4 heteroatoms. The first-order valence-corrected chi connectivity index (χ1v) is 5.98. The second-order valence-electron chi connectivity index (χ2n) is 3.94. The zero-order chi connectivity index (χ0) is 13.4. The molecule has 18 heavy (non-hydrogen) atoms. The molecule has 0 radical (unpaired) electrons. The third-order valence-corrected chi connectivity index (χ3v) is 2.63. The first-order valence-electron chi connectivity index (χ1n) is 5.98. The molecule has 1 amide bonds. The maximum atomic E-state index is 12.3. The number of nitriles is 1. The Labute approximate surface area is 108 Å². The summed E-state index contributed by atoms with van der Waals surface area (Å²) in [7, 11) is 1.51. The van der Waals surface area contributed by atoms with Crippen LogP contribution in [-0.4, -0.2) is 31.0 Å². The summed E-state index contributed by atoms with van der Waals surface area (Å²) in [6.07, 6.45) is 0.185. The number of ether oxygens (including phenoxy) is 1. The Hall–Kier alpha value is -1.86. The Morgan fingerprint density at radius 1 is 1.44 bits per heavy atom. The average Bonchev–Trinajstić information content (AvgIpc) is 2.40. The highest BCUT2D eigenvalue weighted by atomic mass is 16.5. The average molecular weight is 246 g/mol. The largest absolute Gasteiger partial charge is 0.367 e. The Balaban J connectivity index is 2.87. The fraction of sp³-hybridized carbons (Fsp3) is 0.429. The number of rotatable bonds is 6. The van der Waals surface area contributed by atoms with Crippen molar-refractivity contribution < 1.29 is 9.53 Å². The lowest BCUT2D eigenvalue weighted by Crippen LogP contribution is -2.36. The van der Waals surface area contributed by atoms with Crippen LogP contribution in [0, 0.1) is 11.3 Å². The quantitative estimate of drug-likeness (QED) is 0.722. The zero-order valence-corrected chi connectivity index (χ0v) is 10.8. The van der Waals surface area contributed by atoms with Crippen molar-refractivity contribution in [1.82, 2.24) is 4.90 Å². The van der Waals surface area contributed by atoms with Crippen LogP contribution < -0.4 is 0 Å². The van der Waals surface area contributed by atoms with Crippen molar-refractivity contribution >= 4 is 5.91 Å². The minimum atomic E-state index is -0.633. The zero-order valence-electron chi connectivity index (χ0n) is 10.8. The third kappa shape index (κ3) is 3.57. The van der Waals surface area contributed by atoms with Gasteiger partial charge in [-0.1, -0.05) is 37.3 Å². The van der Waals surface area contributed by atoms with E-state index in [2.05, 4.69) is 0 Å². The van der Waals surface area contributed by atoms with Crippen LogP contribution in [0.4, 0.5) is 0 Å². The summed E-state index contributed by atoms with van der Waals surface area (Å²) in [5.41, 5.74) is 0.809. The van der Waals surface area contributed by atoms with Gasteiger partial charge in [0.2, 0.25) is 0 Å². The van der Waals surface area contributed by atoms with Crippen LogP contribution in [0.2, 0.25) is 0 Å². The van der Waals surface area contributed by atoms with E-state index in [1.54, 1.807) is 0 Å². The minimum absolute atomic E-state index is 0.0966. The second kappa shape index (κ2) is 7.46. The van der Waals surface area contributed by atoms with Gasteiger partial charge in [-0.2, -0.15) is 5.26 Å². The van der Waals surface area contributed by atoms with Crippen molar-refractivity contribution in [3.8, 4) is 6.07 Å². The Morgan fingerprint density at radius 2 is 2.11 bits per heavy atom. The minimum Gasteiger partial charge on any atom is -0.367 e. The number of nitrogens with zero attached hydrogens (tertiary/aromatic N) is 2. The van der Waals surface area contributed by atoms with Gasteiger partial charge in [0.1, 0.15) is 6.54 Å². The Kier molecular flexibility index (Phi) is 5.89. The van der Waals surface area contributed by atoms with E-state index >= 15 is 0 Å². The summed E-state index contributed by atoms with van der Waals surface area (Å²) < 4.78 is 5.27. The van der Waals surface area contributed by atoms with Crippen LogP contribution in [0.15, 0.2) is 30.3 Å². The molecule has 0 heterocycles. The van der Waals surface area contributed by atoms with Gasteiger partial charge < -0.3 is 9.64 Å². The number of carbonyl (C=O) groups excluding carboxylic acids is 1. The van der Waals surface area contributed by atoms with Crippen molar-refractivity contribution in [3.63, 3.8) is 0 Å². The molecule has 0 aliphatic rings. The highest BCUT2D eigenvalue weighted by Crippen LogP contribution is 2.19. The molecule has 0 saturated carbocycles. The lowest BCUT2D eigenvalue weighted by atomic mass is 10.1. The molecule has 1 aromatic carbocycles. The van der Waals surface area contributed by atoms with Crippen molar-refractivity contribution in [3.05, 3.63) is 35.9 Å². The normalized spacial score (nSPS) is 11.6. The van der Waals surface area contributed by atoms with Gasteiger partial charge in [0.15, 0.2) is 6.10 Å². The van der Waals surface area contributed by atoms with E-state index in [4.69, 9.17) is 10.00 Å². The van der Waals surface area contributed by atoms with Crippen LogP contribution in [0.5, 0.6) is 0 Å². The monoisotopic (exact) mass is 246 g/mol. The van der Waals surface area contributed by atoms with Gasteiger partial charge in [-0.3, -0.25) is 4.79 Å². The standard InChI is InChI=1S/C14H18N2O2/c1-3-10-16(11-9-15)14(17)13(18-2)12-7-5-4-6-8-12/h4-8,13H,3,10-11H2,1-2H3. The van der Waals surface area contributed by atoms with E-state index < -0.39 is 6.10 Å². The summed E-state index contributed by atoms with van der Waals surface area (Å²) in [6.45, 7) is 2.64. The topological polar surface area (TPSA) is 53.3 Å². The van der Waals surface area contributed by atoms with Crippen LogP contribution in [-0.2, 0) is 9.53 Å². The van der Waals surface area contributed by atoms with Crippen molar-refractivity contribution in [2.75, 3.05) is 20.2 Å². The number of hydrogen-bond donors (Lipinski definition) is 0. The molecule has 0 N–H and O–H groups in total. The SMILES string of the molecule is CCCN(CC#N)C(=O)C(OC)c1ccccc1. The van der Waals surface area contributed by atoms with Crippen LogP contribution in [0.25, 0.3) is 0 Å². The molecule has 1 rings (SSSR count). The maximum absolute atomic E-state index is 12.3. The van der Waals surface area contributed by atoms with E-state index in [0.717, 1.165) is 12.0 Å². The van der Waals surface area contributed by atoms with Crippen LogP contribution >= 0.6 is 0 Å². The molecular formula is C14H18N2O2. The molecule has 96 valence electrons. The predicted octanol–water partition coefficient (Wildman–Crippen LogP) is 2.14. The predicted molar refractivity (Wildman–Crippen MR) is 68.7 cm³/mol. The van der Waals surface area contributed by atoms with E-state index in [1.165, 1.54) is 12.0 Å². The molecule has 0 aliphatic heterocycles. The molecule has 0 aromatic heterocycles. The van der Waals surface area contributed by atoms with E-state index in [1.807, 2.05) is 43.3 Å². The second-order valence-corrected chi connectivity index (χ2v) is 3.94. The van der Waals surface area contributed by atoms with Gasteiger partial charge in [-0.25, -0.2) is 0 Å². The Bertz CT molecular complexity index is 412. The summed E-state index contributed by atoms with van der Waals surface area (Å²) in [5, 5.41) is 8.75. The molecule has 4 nitrogen and oxygen atoms in total. The fourth-order valence-electron chi connectivity index (χ4n) is 1.80. The van der Waals surface area contributed by atoms with Gasteiger partial charge in [0, 0.05) is 13.7 Å². The summed E-state index contributed by atoms with van der Waals surface area (Å²) in [4.78, 5) is 13.8. The van der Waals surface area contributed by atoms with Gasteiger partial charge in [-0.15, -0.1) is 0 Å². The van der Waals surface area contributed by atoms with Crippen LogP contribution in [0.3, 0.4) is 0 Å². The van der Waals surface area contributed by atoms with Gasteiger partial charge >= 0.3 is 0 Å². The summed E-state index contributed by atoms with van der Waals surface area (Å²) in [5.74, 6) is -0.160. The molecule has 0 aliphatic carbocycles. The number of methoxy groups -OCH3 is 1. The van der Waals surface area contributed by atoms with Gasteiger partial charge in [0.25, 0.3) is 5.91 Å². The molecule has 0 fully saturated rings. The highest BCUT2D eigenvalue weighted by molar-refractivity contribution is 5.82. The first kappa shape index (κ1) is 14.2. The Morgan fingerprint density at radius 3 is 2.61 bits per heavy atom. The number of hydrogen-bond acceptors (Lipinski definition) is 3. The van der Waals surface area contributed by atoms with Crippen LogP contribution in [0.1, 0.15) is 25.0 Å². The molecular weight excluding hydrogens is 228 g/mol. The van der Waals surface area contributed by atoms with Crippen molar-refractivity contribution in [2.24, 2.45) is 0 Å². The third-order valence-electron chi connectivity index (χ3n) is 2.63. The molecule has 1 atom stereocenters. The van der Waals surface area contributed by atoms with E-state index in [-0.39, 0.29) is 12.5 Å². The van der Waals surface area contributed by atoms with Gasteiger partial charge in [0.05, 0.1) is 6.07 Å². The van der Waals surface area contributed by atoms with E-state index in [0.29, 0.717) is 6.54 Å². The fourth-order valence-corrected chi connectivity index (χ4v) is 1.80. The number of carbonyl (C=O) groups is 1. The summed E-state index contributed by atoms with van der Waals surface area (Å²) in [6, 6.07) is 11.3. The molecule has 0 bridgehead atoms. The van der Waals surface area contributed by atoms with Crippen molar-refractivity contribution in [2.45, 2.75) is 19.4 Å². The highest BCUT2D eigenvalue weighted by Gasteiger charge is 2.24. The first-order chi connectivity index (χ1) is 8.74. The molecule has 1 aromatic rings. The van der Waals surface area contributed by atoms with Crippen molar-refractivity contribution in [1.29, 1.82) is 5.26 Å². The molecule has 0 spiro atoms. The maximum Gasteiger partial charge on any atom is 0.257 e. The lowest BCUT2D eigenvalue weighted by Gasteiger charge is -2.24. The van der Waals surface area contributed by atoms with Gasteiger partial charge in [-0.05, 0) is 12.0 Å². The smallest absolute Gasteiger partial charge is 0.257 e. The number of amides is 1. The van der Waals surface area contributed by atoms with E-state index in [9.17, 15) is 4.79 Å². The number of benzene rings is 1.